The maximum atomic E-state index is 11.7. The van der Waals surface area contributed by atoms with E-state index in [1.807, 2.05) is 6.92 Å². The first-order valence-electron chi connectivity index (χ1n) is 6.05. The third kappa shape index (κ3) is 3.82. The van der Waals surface area contributed by atoms with E-state index in [1.165, 1.54) is 12.8 Å². The van der Waals surface area contributed by atoms with Crippen LogP contribution in [0.2, 0.25) is 0 Å². The third-order valence-corrected chi connectivity index (χ3v) is 3.21. The van der Waals surface area contributed by atoms with Gasteiger partial charge >= 0.3 is 5.97 Å². The fourth-order valence-corrected chi connectivity index (χ4v) is 2.22. The fourth-order valence-electron chi connectivity index (χ4n) is 2.22. The molecule has 3 nitrogen and oxygen atoms in total. The molecule has 0 aromatic carbocycles. The van der Waals surface area contributed by atoms with Crippen LogP contribution in [0.1, 0.15) is 46.0 Å². The molecule has 0 radical (unpaired) electrons. The van der Waals surface area contributed by atoms with Gasteiger partial charge in [-0.05, 0) is 38.6 Å². The number of esters is 1. The summed E-state index contributed by atoms with van der Waals surface area (Å²) in [7, 11) is 1.80. The smallest absolute Gasteiger partial charge is 0.323 e. The summed E-state index contributed by atoms with van der Waals surface area (Å²) < 4.78 is 5.50. The molecule has 1 saturated carbocycles. The monoisotopic (exact) mass is 213 g/mol. The zero-order valence-corrected chi connectivity index (χ0v) is 10.1. The Morgan fingerprint density at radius 2 is 2.27 bits per heavy atom. The van der Waals surface area contributed by atoms with E-state index in [0.29, 0.717) is 5.92 Å². The Hall–Kier alpha value is -0.570. The van der Waals surface area contributed by atoms with Crippen molar-refractivity contribution in [2.75, 3.05) is 7.05 Å². The quantitative estimate of drug-likeness (QED) is 0.727. The molecule has 3 heteroatoms. The van der Waals surface area contributed by atoms with Crippen LogP contribution < -0.4 is 5.32 Å². The van der Waals surface area contributed by atoms with Gasteiger partial charge in [0.25, 0.3) is 0 Å². The van der Waals surface area contributed by atoms with Crippen molar-refractivity contribution in [3.8, 4) is 0 Å². The number of carbonyl (C=O) groups excluding carboxylic acids is 1. The van der Waals surface area contributed by atoms with Crippen LogP contribution in [0.5, 0.6) is 0 Å². The lowest BCUT2D eigenvalue weighted by Gasteiger charge is -2.27. The molecule has 0 aromatic heterocycles. The minimum Gasteiger partial charge on any atom is -0.461 e. The van der Waals surface area contributed by atoms with Gasteiger partial charge in [0.1, 0.15) is 12.1 Å². The molecule has 0 bridgehead atoms. The average molecular weight is 213 g/mol. The van der Waals surface area contributed by atoms with Crippen LogP contribution in [0.3, 0.4) is 0 Å². The van der Waals surface area contributed by atoms with Crippen LogP contribution in [0.15, 0.2) is 0 Å². The molecule has 0 amide bonds. The van der Waals surface area contributed by atoms with Crippen LogP contribution in [0.25, 0.3) is 0 Å². The summed E-state index contributed by atoms with van der Waals surface area (Å²) in [4.78, 5) is 11.7. The van der Waals surface area contributed by atoms with E-state index < -0.39 is 0 Å². The van der Waals surface area contributed by atoms with Gasteiger partial charge in [-0.15, -0.1) is 0 Å². The lowest BCUT2D eigenvalue weighted by Crippen LogP contribution is -2.38. The van der Waals surface area contributed by atoms with Crippen LogP contribution in [0, 0.1) is 5.92 Å². The molecule has 0 saturated heterocycles. The van der Waals surface area contributed by atoms with E-state index >= 15 is 0 Å². The number of rotatable bonds is 4. The van der Waals surface area contributed by atoms with E-state index in [9.17, 15) is 4.79 Å². The lowest BCUT2D eigenvalue weighted by molar-refractivity contribution is -0.153. The maximum Gasteiger partial charge on any atom is 0.323 e. The molecule has 88 valence electrons. The van der Waals surface area contributed by atoms with Crippen LogP contribution >= 0.6 is 0 Å². The minimum atomic E-state index is -0.137. The van der Waals surface area contributed by atoms with Gasteiger partial charge in [0.2, 0.25) is 0 Å². The van der Waals surface area contributed by atoms with Gasteiger partial charge < -0.3 is 10.1 Å². The molecule has 1 aliphatic rings. The molecule has 0 spiro atoms. The van der Waals surface area contributed by atoms with Gasteiger partial charge in [-0.3, -0.25) is 4.79 Å². The second-order valence-corrected chi connectivity index (χ2v) is 4.58. The Balaban J connectivity index is 2.36. The summed E-state index contributed by atoms with van der Waals surface area (Å²) >= 11 is 0. The first kappa shape index (κ1) is 12.5. The van der Waals surface area contributed by atoms with E-state index in [-0.39, 0.29) is 18.1 Å². The molecule has 1 fully saturated rings. The number of ether oxygens (including phenoxy) is 1. The topological polar surface area (TPSA) is 38.3 Å². The molecule has 3 atom stereocenters. The number of nitrogens with one attached hydrogen (secondary N) is 1. The molecule has 15 heavy (non-hydrogen) atoms. The summed E-state index contributed by atoms with van der Waals surface area (Å²) in [6, 6.07) is -0.137. The molecule has 0 aromatic rings. The van der Waals surface area contributed by atoms with Crippen LogP contribution in [-0.2, 0) is 9.53 Å². The highest BCUT2D eigenvalue weighted by Gasteiger charge is 2.24. The van der Waals surface area contributed by atoms with Crippen molar-refractivity contribution >= 4 is 5.97 Å². The van der Waals surface area contributed by atoms with Gasteiger partial charge in [0.05, 0.1) is 0 Å². The predicted octanol–water partition coefficient (Wildman–Crippen LogP) is 2.11. The van der Waals surface area contributed by atoms with E-state index in [2.05, 4.69) is 12.2 Å². The highest BCUT2D eigenvalue weighted by Crippen LogP contribution is 2.25. The molecule has 1 aliphatic carbocycles. The lowest BCUT2D eigenvalue weighted by atomic mass is 9.89. The highest BCUT2D eigenvalue weighted by molar-refractivity contribution is 5.75. The zero-order valence-electron chi connectivity index (χ0n) is 10.1. The highest BCUT2D eigenvalue weighted by atomic mass is 16.5. The van der Waals surface area contributed by atoms with E-state index in [4.69, 9.17) is 4.74 Å². The van der Waals surface area contributed by atoms with Crippen LogP contribution in [-0.4, -0.2) is 25.2 Å². The number of carbonyl (C=O) groups is 1. The molecular weight excluding hydrogens is 190 g/mol. The largest absolute Gasteiger partial charge is 0.461 e. The minimum absolute atomic E-state index is 0.0842. The molecule has 1 rings (SSSR count). The Kier molecular flexibility index (Phi) is 5.09. The van der Waals surface area contributed by atoms with Gasteiger partial charge in [-0.1, -0.05) is 20.3 Å². The zero-order chi connectivity index (χ0) is 11.3. The Morgan fingerprint density at radius 1 is 1.53 bits per heavy atom. The normalized spacial score (nSPS) is 28.5. The molecular formula is C12H23NO2. The van der Waals surface area contributed by atoms with Gasteiger partial charge in [0.15, 0.2) is 0 Å². The standard InChI is InChI=1S/C12H23NO2/c1-4-11(13-3)12(14)15-10-7-5-6-9(2)8-10/h9-11,13H,4-8H2,1-3H3. The second-order valence-electron chi connectivity index (χ2n) is 4.58. The predicted molar refractivity (Wildman–Crippen MR) is 60.7 cm³/mol. The van der Waals surface area contributed by atoms with E-state index in [1.54, 1.807) is 7.05 Å². The van der Waals surface area contributed by atoms with Gasteiger partial charge in [0, 0.05) is 0 Å². The summed E-state index contributed by atoms with van der Waals surface area (Å²) in [6.07, 6.45) is 5.48. The molecule has 0 heterocycles. The van der Waals surface area contributed by atoms with Gasteiger partial charge in [-0.25, -0.2) is 0 Å². The SMILES string of the molecule is CCC(NC)C(=O)OC1CCCC(C)C1. The number of hydrogen-bond acceptors (Lipinski definition) is 3. The fraction of sp³-hybridized carbons (Fsp3) is 0.917. The Bertz CT molecular complexity index is 202. The van der Waals surface area contributed by atoms with Crippen LogP contribution in [0.4, 0.5) is 0 Å². The van der Waals surface area contributed by atoms with Crippen molar-refractivity contribution in [1.29, 1.82) is 0 Å². The molecule has 0 aliphatic heterocycles. The number of hydrogen-bond donors (Lipinski definition) is 1. The Morgan fingerprint density at radius 3 is 2.80 bits per heavy atom. The second kappa shape index (κ2) is 6.11. The maximum absolute atomic E-state index is 11.7. The van der Waals surface area contributed by atoms with Crippen molar-refractivity contribution in [3.05, 3.63) is 0 Å². The van der Waals surface area contributed by atoms with Crippen molar-refractivity contribution in [2.24, 2.45) is 5.92 Å². The van der Waals surface area contributed by atoms with Crippen molar-refractivity contribution in [2.45, 2.75) is 58.1 Å². The number of likely N-dealkylation sites (N-methyl/N-ethyl adjacent to an activating group) is 1. The average Bonchev–Trinajstić information content (AvgIpc) is 2.19. The first-order valence-corrected chi connectivity index (χ1v) is 6.05. The van der Waals surface area contributed by atoms with Crippen molar-refractivity contribution in [3.63, 3.8) is 0 Å². The summed E-state index contributed by atoms with van der Waals surface area (Å²) in [6.45, 7) is 4.22. The summed E-state index contributed by atoms with van der Waals surface area (Å²) in [5.74, 6) is 0.616. The van der Waals surface area contributed by atoms with E-state index in [0.717, 1.165) is 19.3 Å². The molecule has 3 unspecified atom stereocenters. The third-order valence-electron chi connectivity index (χ3n) is 3.21. The van der Waals surface area contributed by atoms with Crippen molar-refractivity contribution < 1.29 is 9.53 Å². The summed E-state index contributed by atoms with van der Waals surface area (Å²) in [5, 5.41) is 2.98. The summed E-state index contributed by atoms with van der Waals surface area (Å²) in [5.41, 5.74) is 0. The van der Waals surface area contributed by atoms with Gasteiger partial charge in [-0.2, -0.15) is 0 Å². The first-order chi connectivity index (χ1) is 7.17. The van der Waals surface area contributed by atoms with Crippen molar-refractivity contribution in [1.82, 2.24) is 5.32 Å². The Labute approximate surface area is 92.6 Å². The molecule has 1 N–H and O–H groups in total.